The Bertz CT molecular complexity index is 970. The van der Waals surface area contributed by atoms with E-state index in [1.54, 1.807) is 24.3 Å². The van der Waals surface area contributed by atoms with Crippen LogP contribution in [0.15, 0.2) is 28.8 Å². The average Bonchev–Trinajstić information content (AvgIpc) is 3.12. The summed E-state index contributed by atoms with van der Waals surface area (Å²) >= 11 is 0. The van der Waals surface area contributed by atoms with Crippen molar-refractivity contribution in [3.63, 3.8) is 0 Å². The van der Waals surface area contributed by atoms with Crippen LogP contribution in [0.4, 0.5) is 0 Å². The van der Waals surface area contributed by atoms with Crippen LogP contribution in [0.2, 0.25) is 0 Å². The fraction of sp³-hybridized carbons (Fsp3) is 0.545. The minimum absolute atomic E-state index is 0.110. The molecule has 1 aliphatic heterocycles. The molecule has 0 unspecified atom stereocenters. The number of hydrogen-bond acceptors (Lipinski definition) is 6. The van der Waals surface area contributed by atoms with Gasteiger partial charge in [0.25, 0.3) is 11.8 Å². The molecule has 2 heterocycles. The van der Waals surface area contributed by atoms with E-state index >= 15 is 0 Å². The predicted molar refractivity (Wildman–Crippen MR) is 107 cm³/mol. The smallest absolute Gasteiger partial charge is 0.257 e. The lowest BCUT2D eigenvalue weighted by atomic mass is 9.80. The van der Waals surface area contributed by atoms with Crippen LogP contribution in [-0.4, -0.2) is 46.6 Å². The van der Waals surface area contributed by atoms with Crippen molar-refractivity contribution in [3.8, 4) is 5.75 Å². The van der Waals surface area contributed by atoms with Crippen LogP contribution in [0.25, 0.3) is 0 Å². The second-order valence-electron chi connectivity index (χ2n) is 8.85. The SMILES string of the molecule is NC(=O)COc1ccccc1C(=O)N1C[C@H]2CCC[C@@]2(c2nc(CC3CC3)no2)C1. The Morgan fingerprint density at radius 1 is 1.27 bits per heavy atom. The summed E-state index contributed by atoms with van der Waals surface area (Å²) < 4.78 is 11.2. The van der Waals surface area contributed by atoms with E-state index in [1.165, 1.54) is 12.8 Å². The van der Waals surface area contributed by atoms with Crippen molar-refractivity contribution >= 4 is 11.8 Å². The molecular weight excluding hydrogens is 384 g/mol. The van der Waals surface area contributed by atoms with Crippen LogP contribution in [0.5, 0.6) is 5.75 Å². The number of hydrogen-bond donors (Lipinski definition) is 1. The van der Waals surface area contributed by atoms with Crippen LogP contribution in [0.3, 0.4) is 0 Å². The van der Waals surface area contributed by atoms with E-state index in [2.05, 4.69) is 5.16 Å². The number of aromatic nitrogens is 2. The Morgan fingerprint density at radius 2 is 2.10 bits per heavy atom. The zero-order chi connectivity index (χ0) is 20.7. The third-order valence-electron chi connectivity index (χ3n) is 6.71. The van der Waals surface area contributed by atoms with Crippen molar-refractivity contribution in [3.05, 3.63) is 41.5 Å². The van der Waals surface area contributed by atoms with Gasteiger partial charge in [0, 0.05) is 19.5 Å². The minimum atomic E-state index is -0.578. The van der Waals surface area contributed by atoms with E-state index in [9.17, 15) is 9.59 Å². The van der Waals surface area contributed by atoms with Crippen molar-refractivity contribution in [2.24, 2.45) is 17.6 Å². The van der Waals surface area contributed by atoms with Gasteiger partial charge in [0.15, 0.2) is 12.4 Å². The minimum Gasteiger partial charge on any atom is -0.483 e. The van der Waals surface area contributed by atoms with E-state index in [4.69, 9.17) is 20.0 Å². The molecule has 8 nitrogen and oxygen atoms in total. The fourth-order valence-corrected chi connectivity index (χ4v) is 5.00. The summed E-state index contributed by atoms with van der Waals surface area (Å²) in [5, 5.41) is 4.23. The third kappa shape index (κ3) is 3.44. The molecule has 1 saturated heterocycles. The molecule has 3 fully saturated rings. The van der Waals surface area contributed by atoms with Gasteiger partial charge in [0.2, 0.25) is 5.89 Å². The average molecular weight is 410 g/mol. The van der Waals surface area contributed by atoms with Gasteiger partial charge in [-0.05, 0) is 49.7 Å². The van der Waals surface area contributed by atoms with Crippen molar-refractivity contribution < 1.29 is 18.8 Å². The molecule has 5 rings (SSSR count). The maximum Gasteiger partial charge on any atom is 0.257 e. The largest absolute Gasteiger partial charge is 0.483 e. The first-order valence-corrected chi connectivity index (χ1v) is 10.7. The van der Waals surface area contributed by atoms with Gasteiger partial charge < -0.3 is 19.9 Å². The first-order valence-electron chi connectivity index (χ1n) is 10.7. The molecule has 0 spiro atoms. The van der Waals surface area contributed by atoms with Crippen LogP contribution >= 0.6 is 0 Å². The Labute approximate surface area is 174 Å². The lowest BCUT2D eigenvalue weighted by Crippen LogP contribution is -2.35. The lowest BCUT2D eigenvalue weighted by Gasteiger charge is -2.24. The number of rotatable bonds is 7. The third-order valence-corrected chi connectivity index (χ3v) is 6.71. The summed E-state index contributed by atoms with van der Waals surface area (Å²) in [5.74, 6) is 2.18. The van der Waals surface area contributed by atoms with Gasteiger partial charge >= 0.3 is 0 Å². The number of benzene rings is 1. The monoisotopic (exact) mass is 410 g/mol. The number of likely N-dealkylation sites (tertiary alicyclic amines) is 1. The van der Waals surface area contributed by atoms with Gasteiger partial charge in [0.1, 0.15) is 5.75 Å². The summed E-state index contributed by atoms with van der Waals surface area (Å²) in [5.41, 5.74) is 5.37. The summed E-state index contributed by atoms with van der Waals surface area (Å²) in [4.78, 5) is 31.0. The first-order chi connectivity index (χ1) is 14.5. The zero-order valence-electron chi connectivity index (χ0n) is 16.9. The Hall–Kier alpha value is -2.90. The second-order valence-corrected chi connectivity index (χ2v) is 8.85. The number of amides is 2. The Morgan fingerprint density at radius 3 is 2.90 bits per heavy atom. The van der Waals surface area contributed by atoms with Crippen molar-refractivity contribution in [2.45, 2.75) is 43.9 Å². The predicted octanol–water partition coefficient (Wildman–Crippen LogP) is 2.08. The highest BCUT2D eigenvalue weighted by molar-refractivity contribution is 5.97. The highest BCUT2D eigenvalue weighted by Crippen LogP contribution is 2.50. The molecule has 0 radical (unpaired) electrons. The van der Waals surface area contributed by atoms with Crippen molar-refractivity contribution in [1.29, 1.82) is 0 Å². The van der Waals surface area contributed by atoms with Crippen LogP contribution in [0, 0.1) is 11.8 Å². The maximum atomic E-state index is 13.3. The van der Waals surface area contributed by atoms with Gasteiger partial charge in [0.05, 0.1) is 11.0 Å². The number of carbonyl (C=O) groups excluding carboxylic acids is 2. The number of carbonyl (C=O) groups is 2. The highest BCUT2D eigenvalue weighted by Gasteiger charge is 2.55. The number of ether oxygens (including phenoxy) is 1. The summed E-state index contributed by atoms with van der Waals surface area (Å²) in [6.45, 7) is 0.956. The van der Waals surface area contributed by atoms with Crippen molar-refractivity contribution in [1.82, 2.24) is 15.0 Å². The second kappa shape index (κ2) is 7.41. The van der Waals surface area contributed by atoms with Crippen molar-refractivity contribution in [2.75, 3.05) is 19.7 Å². The number of primary amides is 1. The van der Waals surface area contributed by atoms with E-state index < -0.39 is 5.91 Å². The molecule has 0 bridgehead atoms. The fourth-order valence-electron chi connectivity index (χ4n) is 5.00. The van der Waals surface area contributed by atoms with E-state index in [-0.39, 0.29) is 17.9 Å². The lowest BCUT2D eigenvalue weighted by molar-refractivity contribution is -0.119. The molecular formula is C22H26N4O4. The number of nitrogens with two attached hydrogens (primary N) is 1. The molecule has 2 saturated carbocycles. The molecule has 2 aliphatic carbocycles. The molecule has 8 heteroatoms. The molecule has 2 N–H and O–H groups in total. The maximum absolute atomic E-state index is 13.3. The Balaban J connectivity index is 1.37. The van der Waals surface area contributed by atoms with E-state index in [0.29, 0.717) is 42.1 Å². The summed E-state index contributed by atoms with van der Waals surface area (Å²) in [7, 11) is 0. The number of fused-ring (bicyclic) bond motifs is 1. The quantitative estimate of drug-likeness (QED) is 0.748. The number of para-hydroxylation sites is 1. The molecule has 2 aromatic rings. The Kier molecular flexibility index (Phi) is 4.72. The molecule has 3 aliphatic rings. The van der Waals surface area contributed by atoms with Crippen LogP contribution in [0.1, 0.15) is 54.2 Å². The van der Waals surface area contributed by atoms with Gasteiger partial charge in [-0.2, -0.15) is 4.98 Å². The standard InChI is InChI=1S/C22H26N4O4/c23-18(27)12-29-17-6-2-1-5-16(17)20(28)26-11-15-4-3-9-22(15,13-26)21-24-19(25-30-21)10-14-7-8-14/h1-2,5-6,14-15H,3-4,7-13H2,(H2,23,27)/t15-,22-/m1/s1. The molecule has 2 atom stereocenters. The normalized spacial score (nSPS) is 25.3. The molecule has 30 heavy (non-hydrogen) atoms. The van der Waals surface area contributed by atoms with Crippen LogP contribution in [-0.2, 0) is 16.6 Å². The van der Waals surface area contributed by atoms with Gasteiger partial charge in [-0.3, -0.25) is 9.59 Å². The number of nitrogens with zero attached hydrogens (tertiary/aromatic N) is 3. The van der Waals surface area contributed by atoms with Gasteiger partial charge in [-0.1, -0.05) is 23.7 Å². The van der Waals surface area contributed by atoms with E-state index in [0.717, 1.165) is 31.5 Å². The summed E-state index contributed by atoms with van der Waals surface area (Å²) in [6.07, 6.45) is 6.48. The topological polar surface area (TPSA) is 112 Å². The van der Waals surface area contributed by atoms with Gasteiger partial charge in [-0.25, -0.2) is 0 Å². The molecule has 1 aromatic carbocycles. The summed E-state index contributed by atoms with van der Waals surface area (Å²) in [6, 6.07) is 6.97. The van der Waals surface area contributed by atoms with Crippen LogP contribution < -0.4 is 10.5 Å². The highest BCUT2D eigenvalue weighted by atomic mass is 16.5. The van der Waals surface area contributed by atoms with Gasteiger partial charge in [-0.15, -0.1) is 0 Å². The molecule has 158 valence electrons. The molecule has 2 amide bonds. The van der Waals surface area contributed by atoms with E-state index in [1.807, 2.05) is 4.90 Å². The first kappa shape index (κ1) is 19.1. The molecule has 1 aromatic heterocycles. The zero-order valence-corrected chi connectivity index (χ0v) is 16.9.